The average molecular weight is 414 g/mol. The summed E-state index contributed by atoms with van der Waals surface area (Å²) in [7, 11) is -3.83. The summed E-state index contributed by atoms with van der Waals surface area (Å²) >= 11 is 0. The highest BCUT2D eigenvalue weighted by Gasteiger charge is 2.36. The molecule has 2 N–H and O–H groups in total. The maximum absolute atomic E-state index is 13.0. The van der Waals surface area contributed by atoms with E-state index in [-0.39, 0.29) is 41.2 Å². The summed E-state index contributed by atoms with van der Waals surface area (Å²) in [5.74, 6) is -0.0617. The van der Waals surface area contributed by atoms with Gasteiger partial charge in [-0.15, -0.1) is 0 Å². The molecule has 1 aromatic rings. The van der Waals surface area contributed by atoms with Gasteiger partial charge in [-0.3, -0.25) is 14.9 Å². The number of hydrogen-bond donors (Lipinski definition) is 2. The van der Waals surface area contributed by atoms with Gasteiger partial charge in [0.25, 0.3) is 11.6 Å². The molecule has 0 aliphatic carbocycles. The molecule has 1 atom stereocenters. The van der Waals surface area contributed by atoms with Crippen LogP contribution < -0.4 is 10.2 Å². The first-order valence-corrected chi connectivity index (χ1v) is 10.7. The molecule has 156 valence electrons. The van der Waals surface area contributed by atoms with Crippen LogP contribution in [-0.2, 0) is 14.8 Å². The molecule has 0 spiro atoms. The van der Waals surface area contributed by atoms with Crippen LogP contribution in [0.25, 0.3) is 0 Å². The van der Waals surface area contributed by atoms with Gasteiger partial charge in [-0.1, -0.05) is 6.07 Å². The fourth-order valence-electron chi connectivity index (χ4n) is 3.23. The molecule has 2 rings (SSSR count). The Labute approximate surface area is 165 Å². The summed E-state index contributed by atoms with van der Waals surface area (Å²) in [6.07, 6.45) is 0. The average Bonchev–Trinajstić information content (AvgIpc) is 2.59. The van der Waals surface area contributed by atoms with E-state index in [4.69, 9.17) is 0 Å². The number of aryl methyl sites for hydroxylation is 1. The minimum Gasteiger partial charge on any atom is -0.346 e. The van der Waals surface area contributed by atoms with Crippen molar-refractivity contribution in [1.82, 2.24) is 9.62 Å². The quantitative estimate of drug-likeness (QED) is 0.525. The number of carbonyl (C=O) groups excluding carboxylic acids is 1. The van der Waals surface area contributed by atoms with Gasteiger partial charge in [0.15, 0.2) is 6.04 Å². The van der Waals surface area contributed by atoms with Gasteiger partial charge < -0.3 is 10.2 Å². The van der Waals surface area contributed by atoms with Crippen LogP contribution in [0, 0.1) is 17.0 Å². The summed E-state index contributed by atoms with van der Waals surface area (Å²) in [6, 6.07) is 3.57. The first-order valence-electron chi connectivity index (χ1n) is 9.25. The Morgan fingerprint density at radius 3 is 2.36 bits per heavy atom. The number of nitro benzene ring substituents is 1. The van der Waals surface area contributed by atoms with Crippen LogP contribution in [0.3, 0.4) is 0 Å². The number of benzene rings is 1. The standard InChI is InChI=1S/C18H28N4O5S/c1-13-6-7-15(22(24)25)12-16(13)28(26,27)21-10-8-20(9-11-21)14(2)17(23)19-18(3,4)5/h6-7,12,14H,8-11H2,1-5H3,(H,19,23)/p+1/t14-/m0/s1. The van der Waals surface area contributed by atoms with E-state index < -0.39 is 14.9 Å². The number of nitrogens with one attached hydrogen (secondary N) is 2. The van der Waals surface area contributed by atoms with Crippen LogP contribution in [-0.4, -0.2) is 61.3 Å². The Bertz CT molecular complexity index is 855. The third-order valence-electron chi connectivity index (χ3n) is 4.87. The molecule has 1 saturated heterocycles. The van der Waals surface area contributed by atoms with E-state index in [0.717, 1.165) is 11.0 Å². The molecule has 1 aliphatic rings. The van der Waals surface area contributed by atoms with E-state index >= 15 is 0 Å². The molecule has 0 radical (unpaired) electrons. The van der Waals surface area contributed by atoms with E-state index in [1.807, 2.05) is 27.7 Å². The number of nitro groups is 1. The number of sulfonamides is 1. The normalized spacial score (nSPS) is 17.9. The van der Waals surface area contributed by atoms with E-state index in [1.165, 1.54) is 16.4 Å². The van der Waals surface area contributed by atoms with Gasteiger partial charge in [-0.05, 0) is 40.2 Å². The van der Waals surface area contributed by atoms with Gasteiger partial charge in [-0.2, -0.15) is 4.31 Å². The third kappa shape index (κ3) is 5.06. The summed E-state index contributed by atoms with van der Waals surface area (Å²) < 4.78 is 27.3. The maximum Gasteiger partial charge on any atom is 0.278 e. The number of carbonyl (C=O) groups is 1. The second kappa shape index (κ2) is 8.14. The molecule has 0 saturated carbocycles. The van der Waals surface area contributed by atoms with Crippen LogP contribution in [0.5, 0.6) is 0 Å². The van der Waals surface area contributed by atoms with Gasteiger partial charge in [0.2, 0.25) is 10.0 Å². The molecule has 1 fully saturated rings. The Hall–Kier alpha value is -2.04. The Morgan fingerprint density at radius 1 is 1.29 bits per heavy atom. The molecule has 0 aromatic heterocycles. The van der Waals surface area contributed by atoms with E-state index in [1.54, 1.807) is 6.92 Å². The number of piperazine rings is 1. The number of nitrogens with zero attached hydrogens (tertiary/aromatic N) is 2. The number of hydrogen-bond acceptors (Lipinski definition) is 5. The third-order valence-corrected chi connectivity index (χ3v) is 6.91. The second-order valence-corrected chi connectivity index (χ2v) is 10.1. The lowest BCUT2D eigenvalue weighted by molar-refractivity contribution is -0.917. The SMILES string of the molecule is Cc1ccc([N+](=O)[O-])cc1S(=O)(=O)N1CC[NH+]([C@@H](C)C(=O)NC(C)(C)C)CC1. The molecule has 9 nitrogen and oxygen atoms in total. The zero-order valence-electron chi connectivity index (χ0n) is 17.0. The molecule has 1 aliphatic heterocycles. The second-order valence-electron chi connectivity index (χ2n) is 8.23. The predicted octanol–water partition coefficient (Wildman–Crippen LogP) is 0.0956. The highest BCUT2D eigenvalue weighted by atomic mass is 32.2. The highest BCUT2D eigenvalue weighted by molar-refractivity contribution is 7.89. The maximum atomic E-state index is 13.0. The van der Waals surface area contributed by atoms with Crippen molar-refractivity contribution in [1.29, 1.82) is 0 Å². The summed E-state index contributed by atoms with van der Waals surface area (Å²) in [6.45, 7) is 10.7. The zero-order chi connectivity index (χ0) is 21.3. The number of quaternary nitrogens is 1. The molecule has 1 amide bonds. The highest BCUT2D eigenvalue weighted by Crippen LogP contribution is 2.24. The minimum absolute atomic E-state index is 0.0383. The first-order chi connectivity index (χ1) is 12.8. The number of amides is 1. The minimum atomic E-state index is -3.83. The van der Waals surface area contributed by atoms with Crippen LogP contribution in [0.1, 0.15) is 33.3 Å². The van der Waals surface area contributed by atoms with Crippen molar-refractivity contribution >= 4 is 21.6 Å². The predicted molar refractivity (Wildman–Crippen MR) is 105 cm³/mol. The fraction of sp³-hybridized carbons (Fsp3) is 0.611. The van der Waals surface area contributed by atoms with E-state index in [9.17, 15) is 23.3 Å². The van der Waals surface area contributed by atoms with Gasteiger partial charge in [0.1, 0.15) is 0 Å². The fourth-order valence-corrected chi connectivity index (χ4v) is 4.92. The van der Waals surface area contributed by atoms with Gasteiger partial charge in [-0.25, -0.2) is 8.42 Å². The first kappa shape index (κ1) is 22.3. The van der Waals surface area contributed by atoms with Crippen molar-refractivity contribution in [3.05, 3.63) is 33.9 Å². The zero-order valence-corrected chi connectivity index (χ0v) is 17.8. The lowest BCUT2D eigenvalue weighted by atomic mass is 10.1. The molecule has 0 unspecified atom stereocenters. The van der Waals surface area contributed by atoms with Crippen molar-refractivity contribution in [3.8, 4) is 0 Å². The van der Waals surface area contributed by atoms with Gasteiger partial charge in [0.05, 0.1) is 36.0 Å². The van der Waals surface area contributed by atoms with Gasteiger partial charge >= 0.3 is 0 Å². The van der Waals surface area contributed by atoms with Crippen molar-refractivity contribution < 1.29 is 23.0 Å². The Balaban J connectivity index is 2.11. The summed E-state index contributed by atoms with van der Waals surface area (Å²) in [4.78, 5) is 23.8. The van der Waals surface area contributed by atoms with E-state index in [0.29, 0.717) is 18.7 Å². The number of rotatable bonds is 5. The summed E-state index contributed by atoms with van der Waals surface area (Å²) in [5, 5.41) is 14.0. The van der Waals surface area contributed by atoms with Gasteiger partial charge in [0, 0.05) is 17.7 Å². The van der Waals surface area contributed by atoms with Crippen molar-refractivity contribution in [2.75, 3.05) is 26.2 Å². The molecule has 1 heterocycles. The van der Waals surface area contributed by atoms with Crippen LogP contribution >= 0.6 is 0 Å². The molecule has 28 heavy (non-hydrogen) atoms. The van der Waals surface area contributed by atoms with Crippen LogP contribution in [0.15, 0.2) is 23.1 Å². The van der Waals surface area contributed by atoms with Crippen molar-refractivity contribution in [2.45, 2.75) is 51.1 Å². The largest absolute Gasteiger partial charge is 0.346 e. The smallest absolute Gasteiger partial charge is 0.278 e. The molecule has 10 heteroatoms. The summed E-state index contributed by atoms with van der Waals surface area (Å²) in [5.41, 5.74) is -0.102. The lowest BCUT2D eigenvalue weighted by Gasteiger charge is -2.35. The van der Waals surface area contributed by atoms with Crippen LogP contribution in [0.2, 0.25) is 0 Å². The molecule has 1 aromatic carbocycles. The molecular weight excluding hydrogens is 384 g/mol. The Morgan fingerprint density at radius 2 is 1.86 bits per heavy atom. The monoisotopic (exact) mass is 413 g/mol. The van der Waals surface area contributed by atoms with Crippen molar-refractivity contribution in [3.63, 3.8) is 0 Å². The number of non-ortho nitro benzene ring substituents is 1. The molecule has 0 bridgehead atoms. The topological polar surface area (TPSA) is 114 Å². The lowest BCUT2D eigenvalue weighted by Crippen LogP contribution is -3.19. The van der Waals surface area contributed by atoms with Crippen LogP contribution in [0.4, 0.5) is 5.69 Å². The molecular formula is C18H29N4O5S+. The van der Waals surface area contributed by atoms with Crippen molar-refractivity contribution in [2.24, 2.45) is 0 Å². The van der Waals surface area contributed by atoms with E-state index in [2.05, 4.69) is 5.32 Å². The Kier molecular flexibility index (Phi) is 6.47.